The second kappa shape index (κ2) is 17.5. The number of nitrogens with zero attached hydrogens (tertiary/aromatic N) is 3. The van der Waals surface area contributed by atoms with Crippen LogP contribution in [-0.2, 0) is 32.9 Å². The zero-order valence-corrected chi connectivity index (χ0v) is 39.2. The van der Waals surface area contributed by atoms with E-state index in [1.165, 1.54) is 38.1 Å². The zero-order chi connectivity index (χ0) is 37.9. The van der Waals surface area contributed by atoms with Crippen molar-refractivity contribution in [3.63, 3.8) is 0 Å². The van der Waals surface area contributed by atoms with Gasteiger partial charge in [0.15, 0.2) is 0 Å². The van der Waals surface area contributed by atoms with E-state index in [9.17, 15) is 0 Å². The standard InChI is InChI=1S/C30H31N2Si.C18H24GeN.Ir/c1-21(2)18-23-19-27(31-20-30(23)33(3,4)5)22-14-16-24(17-15-22)32-28-12-8-6-10-25(28)26-11-7-9-13-29(26)32;1-14(2)11-16-12-18(15-9-7-6-8-10-15)20-13-17(16)19(3,4)5;/h6-14,16-17,19-21H,18H2,1-5H3;6-9,12-14H,11H2,1-5H3;/q2*-1;. The topological polar surface area (TPSA) is 30.7 Å². The first-order valence-electron chi connectivity index (χ1n) is 19.2. The molecule has 6 heteroatoms. The van der Waals surface area contributed by atoms with Crippen molar-refractivity contribution >= 4 is 52.7 Å². The molecule has 3 nitrogen and oxygen atoms in total. The van der Waals surface area contributed by atoms with E-state index in [2.05, 4.69) is 179 Å². The van der Waals surface area contributed by atoms with Crippen molar-refractivity contribution in [1.82, 2.24) is 14.5 Å². The number of pyridine rings is 2. The second-order valence-electron chi connectivity index (χ2n) is 17.3. The summed E-state index contributed by atoms with van der Waals surface area (Å²) >= 11 is -1.86. The van der Waals surface area contributed by atoms with Crippen molar-refractivity contribution in [3.8, 4) is 28.2 Å². The Morgan fingerprint density at radius 2 is 1.19 bits per heavy atom. The summed E-state index contributed by atoms with van der Waals surface area (Å²) in [6, 6.07) is 43.2. The van der Waals surface area contributed by atoms with Crippen molar-refractivity contribution in [3.05, 3.63) is 139 Å². The monoisotopic (exact) mass is 968 g/mol. The molecule has 0 amide bonds. The fourth-order valence-corrected chi connectivity index (χ4v) is 12.2. The Hall–Kier alpha value is -3.61. The summed E-state index contributed by atoms with van der Waals surface area (Å²) in [5, 5.41) is 4.03. The average molecular weight is 967 g/mol. The van der Waals surface area contributed by atoms with E-state index in [0.29, 0.717) is 11.8 Å². The van der Waals surface area contributed by atoms with Crippen LogP contribution in [0.15, 0.2) is 116 Å². The molecule has 54 heavy (non-hydrogen) atoms. The van der Waals surface area contributed by atoms with Crippen molar-refractivity contribution < 1.29 is 20.1 Å². The fraction of sp³-hybridized carbons (Fsp3) is 0.292. The molecule has 3 aromatic heterocycles. The molecule has 0 aliphatic carbocycles. The molecule has 4 aromatic carbocycles. The van der Waals surface area contributed by atoms with Gasteiger partial charge in [0, 0.05) is 48.1 Å². The Morgan fingerprint density at radius 1 is 0.648 bits per heavy atom. The fourth-order valence-electron chi connectivity index (χ4n) is 7.33. The van der Waals surface area contributed by atoms with Gasteiger partial charge in [-0.05, 0) is 41.0 Å². The molecule has 1 radical (unpaired) electrons. The summed E-state index contributed by atoms with van der Waals surface area (Å²) < 4.78 is 3.87. The van der Waals surface area contributed by atoms with E-state index in [-0.39, 0.29) is 20.1 Å². The van der Waals surface area contributed by atoms with Gasteiger partial charge in [-0.1, -0.05) is 81.5 Å². The van der Waals surface area contributed by atoms with Gasteiger partial charge < -0.3 is 9.55 Å². The van der Waals surface area contributed by atoms with Crippen LogP contribution in [-0.4, -0.2) is 35.9 Å². The van der Waals surface area contributed by atoms with Crippen LogP contribution in [0.3, 0.4) is 0 Å². The molecule has 0 spiro atoms. The third-order valence-corrected chi connectivity index (χ3v) is 16.1. The molecule has 0 atom stereocenters. The number of fused-ring (bicyclic) bond motifs is 3. The van der Waals surface area contributed by atoms with Crippen LogP contribution in [0.25, 0.3) is 50.0 Å². The molecule has 0 aliphatic heterocycles. The minimum absolute atomic E-state index is 0. The van der Waals surface area contributed by atoms with E-state index in [1.807, 2.05) is 18.2 Å². The minimum Gasteiger partial charge on any atom is 0 e. The van der Waals surface area contributed by atoms with E-state index in [4.69, 9.17) is 9.97 Å². The average Bonchev–Trinajstić information content (AvgIpc) is 3.45. The second-order valence-corrected chi connectivity index (χ2v) is 32.9. The van der Waals surface area contributed by atoms with Crippen LogP contribution in [0.1, 0.15) is 38.8 Å². The molecule has 3 heterocycles. The van der Waals surface area contributed by atoms with Gasteiger partial charge in [-0.25, -0.2) is 0 Å². The molecule has 7 aromatic rings. The van der Waals surface area contributed by atoms with Gasteiger partial charge >= 0.3 is 126 Å². The van der Waals surface area contributed by atoms with E-state index in [1.54, 1.807) is 4.40 Å². The van der Waals surface area contributed by atoms with E-state index < -0.39 is 21.3 Å². The summed E-state index contributed by atoms with van der Waals surface area (Å²) in [5.74, 6) is 8.62. The Bertz CT molecular complexity index is 2260. The minimum atomic E-state index is -1.86. The van der Waals surface area contributed by atoms with Crippen LogP contribution in [0.5, 0.6) is 0 Å². The molecular weight excluding hydrogens is 911 g/mol. The maximum atomic E-state index is 4.87. The maximum Gasteiger partial charge on any atom is 0 e. The molecular formula is C48H55GeIrN3Si-2. The third kappa shape index (κ3) is 9.60. The molecule has 0 fully saturated rings. The van der Waals surface area contributed by atoms with Crippen LogP contribution in [0, 0.1) is 24.0 Å². The van der Waals surface area contributed by atoms with Gasteiger partial charge in [0.1, 0.15) is 0 Å². The number of aromatic nitrogens is 3. The van der Waals surface area contributed by atoms with Gasteiger partial charge in [0.25, 0.3) is 0 Å². The van der Waals surface area contributed by atoms with Crippen LogP contribution < -0.4 is 9.58 Å². The number of para-hydroxylation sites is 2. The van der Waals surface area contributed by atoms with Crippen molar-refractivity contribution in [2.75, 3.05) is 0 Å². The first-order chi connectivity index (χ1) is 25.2. The normalized spacial score (nSPS) is 11.9. The SMILES string of the molecule is CC(C)Cc1cc(-c2[c-]cc(-n3c4ccccc4c4ccccc43)cc2)ncc1[Si](C)(C)C.CC(C)Cc1cc(-c2[c-]cccc2)nc[c]1[Ge]([CH3])([CH3])[CH3].[Ir]. The summed E-state index contributed by atoms with van der Waals surface area (Å²) in [5.41, 5.74) is 10.7. The summed E-state index contributed by atoms with van der Waals surface area (Å²) in [6.45, 7) is 16.4. The predicted molar refractivity (Wildman–Crippen MR) is 234 cm³/mol. The van der Waals surface area contributed by atoms with E-state index in [0.717, 1.165) is 41.0 Å². The number of rotatable bonds is 9. The van der Waals surface area contributed by atoms with Gasteiger partial charge in [-0.2, -0.15) is 0 Å². The van der Waals surface area contributed by atoms with Gasteiger partial charge in [-0.3, -0.25) is 0 Å². The number of hydrogen-bond donors (Lipinski definition) is 0. The zero-order valence-electron chi connectivity index (χ0n) is 33.7. The summed E-state index contributed by atoms with van der Waals surface area (Å²) in [6.07, 6.45) is 6.50. The summed E-state index contributed by atoms with van der Waals surface area (Å²) in [4.78, 5) is 9.57. The van der Waals surface area contributed by atoms with Crippen LogP contribution in [0.2, 0.25) is 36.9 Å². The molecule has 281 valence electrons. The van der Waals surface area contributed by atoms with Gasteiger partial charge in [0.05, 0.1) is 8.07 Å². The quantitative estimate of drug-likeness (QED) is 0.107. The molecule has 0 aliphatic rings. The molecule has 0 N–H and O–H groups in total. The molecule has 0 saturated carbocycles. The van der Waals surface area contributed by atoms with Gasteiger partial charge in [0.2, 0.25) is 0 Å². The Morgan fingerprint density at radius 3 is 1.70 bits per heavy atom. The first-order valence-corrected chi connectivity index (χ1v) is 30.0. The van der Waals surface area contributed by atoms with Crippen LogP contribution >= 0.6 is 0 Å². The summed E-state index contributed by atoms with van der Waals surface area (Å²) in [7, 11) is -1.44. The van der Waals surface area contributed by atoms with Crippen molar-refractivity contribution in [2.45, 2.75) is 77.4 Å². The Labute approximate surface area is 341 Å². The Kier molecular flexibility index (Phi) is 13.4. The maximum absolute atomic E-state index is 4.87. The molecule has 0 saturated heterocycles. The van der Waals surface area contributed by atoms with E-state index >= 15 is 0 Å². The van der Waals surface area contributed by atoms with Crippen LogP contribution in [0.4, 0.5) is 0 Å². The molecule has 7 rings (SSSR count). The largest absolute Gasteiger partial charge is 0 e. The first kappa shape index (κ1) is 41.6. The third-order valence-electron chi connectivity index (χ3n) is 9.75. The number of hydrogen-bond acceptors (Lipinski definition) is 2. The molecule has 0 unspecified atom stereocenters. The van der Waals surface area contributed by atoms with Crippen molar-refractivity contribution in [1.29, 1.82) is 0 Å². The Balaban J connectivity index is 0.000000230. The predicted octanol–water partition coefficient (Wildman–Crippen LogP) is 11.7. The van der Waals surface area contributed by atoms with Crippen molar-refractivity contribution in [2.24, 2.45) is 11.8 Å². The van der Waals surface area contributed by atoms with Gasteiger partial charge in [-0.15, -0.1) is 29.8 Å². The molecule has 0 bridgehead atoms. The number of benzene rings is 4. The smallest absolute Gasteiger partial charge is 0 e.